The number of hydrogen-bond donors (Lipinski definition) is 3. The molecule has 2 heterocycles. The van der Waals surface area contributed by atoms with Crippen LogP contribution in [0.15, 0.2) is 18.5 Å². The van der Waals surface area contributed by atoms with Gasteiger partial charge in [-0.05, 0) is 19.4 Å². The van der Waals surface area contributed by atoms with E-state index in [-0.39, 0.29) is 11.9 Å². The Balaban J connectivity index is 1.71. The van der Waals surface area contributed by atoms with Crippen molar-refractivity contribution in [2.45, 2.75) is 26.3 Å². The molecule has 126 valence electrons. The Hall–Kier alpha value is -2.22. The average molecular weight is 321 g/mol. The molecule has 0 unspecified atom stereocenters. The summed E-state index contributed by atoms with van der Waals surface area (Å²) < 4.78 is 0. The van der Waals surface area contributed by atoms with Gasteiger partial charge in [0.05, 0.1) is 26.2 Å². The Bertz CT molecular complexity index is 516. The van der Waals surface area contributed by atoms with Crippen LogP contribution in [0.25, 0.3) is 0 Å². The van der Waals surface area contributed by atoms with Crippen molar-refractivity contribution in [3.8, 4) is 0 Å². The minimum Gasteiger partial charge on any atom is -0.335 e. The van der Waals surface area contributed by atoms with Crippen molar-refractivity contribution >= 4 is 17.9 Å². The van der Waals surface area contributed by atoms with E-state index in [0.717, 1.165) is 43.4 Å². The molecule has 0 bridgehead atoms. The summed E-state index contributed by atoms with van der Waals surface area (Å²) in [5.74, 6) is 0.481. The maximum Gasteiger partial charge on any atom is 0.321 e. The number of piperazine rings is 1. The molecule has 2 rings (SSSR count). The molecule has 1 aliphatic rings. The molecule has 0 radical (unpaired) electrons. The number of nitrogens with zero attached hydrogens (tertiary/aromatic N) is 3. The summed E-state index contributed by atoms with van der Waals surface area (Å²) in [6, 6.07) is 1.43. The smallest absolute Gasteiger partial charge is 0.321 e. The number of amides is 3. The van der Waals surface area contributed by atoms with Crippen LogP contribution in [0, 0.1) is 0 Å². The quantitative estimate of drug-likeness (QED) is 0.634. The highest BCUT2D eigenvalue weighted by Crippen LogP contribution is 2.03. The monoisotopic (exact) mass is 321 g/mol. The highest BCUT2D eigenvalue weighted by molar-refractivity contribution is 5.94. The molecule has 1 aromatic rings. The van der Waals surface area contributed by atoms with Crippen molar-refractivity contribution in [2.24, 2.45) is 0 Å². The van der Waals surface area contributed by atoms with Gasteiger partial charge in [-0.15, -0.1) is 0 Å². The van der Waals surface area contributed by atoms with E-state index in [2.05, 4.69) is 25.5 Å². The van der Waals surface area contributed by atoms with Crippen molar-refractivity contribution in [2.75, 3.05) is 37.6 Å². The lowest BCUT2D eigenvalue weighted by Gasteiger charge is -2.31. The highest BCUT2D eigenvalue weighted by atomic mass is 16.2. The summed E-state index contributed by atoms with van der Waals surface area (Å²) >= 11 is 0. The van der Waals surface area contributed by atoms with Crippen LogP contribution in [0.3, 0.4) is 0 Å². The predicted molar refractivity (Wildman–Crippen MR) is 86.2 cm³/mol. The highest BCUT2D eigenvalue weighted by Gasteiger charge is 2.24. The Morgan fingerprint density at radius 1 is 1.30 bits per heavy atom. The number of imide groups is 1. The zero-order chi connectivity index (χ0) is 16.7. The van der Waals surface area contributed by atoms with Crippen LogP contribution >= 0.6 is 0 Å². The summed E-state index contributed by atoms with van der Waals surface area (Å²) in [6.45, 7) is 7.42. The third-order valence-corrected chi connectivity index (χ3v) is 3.96. The molecule has 0 spiro atoms. The maximum absolute atomic E-state index is 11.9. The van der Waals surface area contributed by atoms with E-state index in [9.17, 15) is 9.59 Å². The number of carbonyl (C=O) groups is 2. The molecule has 1 aromatic heterocycles. The van der Waals surface area contributed by atoms with E-state index in [0.29, 0.717) is 6.54 Å². The van der Waals surface area contributed by atoms with E-state index in [4.69, 9.17) is 0 Å². The molecule has 1 atom stereocenters. The minimum atomic E-state index is -0.417. The Labute approximate surface area is 136 Å². The molecule has 23 heavy (non-hydrogen) atoms. The van der Waals surface area contributed by atoms with Crippen molar-refractivity contribution in [1.82, 2.24) is 20.6 Å². The van der Waals surface area contributed by atoms with Gasteiger partial charge in [0.2, 0.25) is 5.95 Å². The van der Waals surface area contributed by atoms with Gasteiger partial charge in [0, 0.05) is 18.4 Å². The number of quaternary nitrogens is 1. The number of urea groups is 1. The van der Waals surface area contributed by atoms with E-state index >= 15 is 0 Å². The third kappa shape index (κ3) is 5.48. The topological polar surface area (TPSA) is 91.7 Å². The number of aromatic nitrogens is 2. The number of carbonyl (C=O) groups excluding carboxylic acids is 2. The molecule has 8 nitrogen and oxygen atoms in total. The van der Waals surface area contributed by atoms with E-state index in [1.54, 1.807) is 18.5 Å². The number of rotatable bonds is 5. The second-order valence-electron chi connectivity index (χ2n) is 5.79. The zero-order valence-electron chi connectivity index (χ0n) is 13.7. The molecule has 3 amide bonds. The fourth-order valence-electron chi connectivity index (χ4n) is 2.41. The summed E-state index contributed by atoms with van der Waals surface area (Å²) in [4.78, 5) is 35.3. The van der Waals surface area contributed by atoms with Gasteiger partial charge in [0.1, 0.15) is 0 Å². The largest absolute Gasteiger partial charge is 0.335 e. The molecule has 0 saturated carbocycles. The molecule has 1 saturated heterocycles. The lowest BCUT2D eigenvalue weighted by molar-refractivity contribution is -0.892. The van der Waals surface area contributed by atoms with Gasteiger partial charge < -0.3 is 15.1 Å². The first-order valence-corrected chi connectivity index (χ1v) is 8.04. The lowest BCUT2D eigenvalue weighted by atomic mass is 10.3. The van der Waals surface area contributed by atoms with Crippen molar-refractivity contribution in [3.05, 3.63) is 18.5 Å². The molecule has 8 heteroatoms. The zero-order valence-corrected chi connectivity index (χ0v) is 13.7. The summed E-state index contributed by atoms with van der Waals surface area (Å²) in [5.41, 5.74) is 0. The lowest BCUT2D eigenvalue weighted by Crippen LogP contribution is -3.16. The average Bonchev–Trinajstić information content (AvgIpc) is 2.56. The standard InChI is InChI=1S/C15H24N6O2/c1-3-12(2)18-15(23)19-13(22)11-20-7-9-21(10-8-20)14-16-5-4-6-17-14/h4-6,12H,3,7-11H2,1-2H3,(H2,18,19,22,23)/p+1/t12-/m0/s1. The van der Waals surface area contributed by atoms with E-state index < -0.39 is 6.03 Å². The number of hydrogen-bond acceptors (Lipinski definition) is 5. The molecular formula is C15H25N6O2+. The maximum atomic E-state index is 11.9. The molecule has 1 aliphatic heterocycles. The third-order valence-electron chi connectivity index (χ3n) is 3.96. The van der Waals surface area contributed by atoms with Crippen LogP contribution in [0.5, 0.6) is 0 Å². The summed E-state index contributed by atoms with van der Waals surface area (Å²) in [6.07, 6.45) is 4.28. The van der Waals surface area contributed by atoms with Crippen molar-refractivity contribution < 1.29 is 14.5 Å². The first-order valence-electron chi connectivity index (χ1n) is 8.04. The van der Waals surface area contributed by atoms with Crippen LogP contribution in [-0.4, -0.2) is 60.7 Å². The molecule has 0 aromatic carbocycles. The van der Waals surface area contributed by atoms with Gasteiger partial charge in [-0.3, -0.25) is 10.1 Å². The Kier molecular flexibility index (Phi) is 6.28. The van der Waals surface area contributed by atoms with E-state index in [1.165, 1.54) is 0 Å². The van der Waals surface area contributed by atoms with Crippen molar-refractivity contribution in [1.29, 1.82) is 0 Å². The predicted octanol–water partition coefficient (Wildman–Crippen LogP) is -1.19. The Morgan fingerprint density at radius 2 is 1.96 bits per heavy atom. The SMILES string of the molecule is CC[C@H](C)NC(=O)NC(=O)C[NH+]1CCN(c2ncccn2)CC1. The Morgan fingerprint density at radius 3 is 2.57 bits per heavy atom. The van der Waals surface area contributed by atoms with Gasteiger partial charge in [0.15, 0.2) is 6.54 Å². The van der Waals surface area contributed by atoms with Gasteiger partial charge in [-0.2, -0.15) is 0 Å². The van der Waals surface area contributed by atoms with Gasteiger partial charge in [0.25, 0.3) is 5.91 Å². The first kappa shape index (κ1) is 17.1. The van der Waals surface area contributed by atoms with Crippen LogP contribution in [-0.2, 0) is 4.79 Å². The second-order valence-corrected chi connectivity index (χ2v) is 5.79. The number of anilines is 1. The van der Waals surface area contributed by atoms with E-state index in [1.807, 2.05) is 13.8 Å². The van der Waals surface area contributed by atoms with Crippen molar-refractivity contribution in [3.63, 3.8) is 0 Å². The minimum absolute atomic E-state index is 0.0598. The van der Waals surface area contributed by atoms with Crippen LogP contribution < -0.4 is 20.4 Å². The molecular weight excluding hydrogens is 296 g/mol. The normalized spacial score (nSPS) is 16.7. The van der Waals surface area contributed by atoms with Crippen LogP contribution in [0.2, 0.25) is 0 Å². The van der Waals surface area contributed by atoms with Gasteiger partial charge in [-0.1, -0.05) is 6.92 Å². The first-order chi connectivity index (χ1) is 11.1. The molecule has 1 fully saturated rings. The van der Waals surface area contributed by atoms with Gasteiger partial charge in [-0.25, -0.2) is 14.8 Å². The molecule has 0 aliphatic carbocycles. The van der Waals surface area contributed by atoms with Crippen LogP contribution in [0.4, 0.5) is 10.7 Å². The summed E-state index contributed by atoms with van der Waals surface area (Å²) in [5, 5.41) is 5.11. The molecule has 3 N–H and O–H groups in total. The number of nitrogens with one attached hydrogen (secondary N) is 3. The summed E-state index contributed by atoms with van der Waals surface area (Å²) in [7, 11) is 0. The fourth-order valence-corrected chi connectivity index (χ4v) is 2.41. The van der Waals surface area contributed by atoms with Gasteiger partial charge >= 0.3 is 6.03 Å². The fraction of sp³-hybridized carbons (Fsp3) is 0.600. The van der Waals surface area contributed by atoms with Crippen LogP contribution in [0.1, 0.15) is 20.3 Å². The second kappa shape index (κ2) is 8.42.